The third-order valence-corrected chi connectivity index (χ3v) is 3.56. The summed E-state index contributed by atoms with van der Waals surface area (Å²) in [6.07, 6.45) is -4.42. The summed E-state index contributed by atoms with van der Waals surface area (Å²) >= 11 is 5.96. The molecule has 0 saturated carbocycles. The number of halogens is 4. The SMILES string of the molecule is CCOC(=O)C(N)Cc1ccc(-c2cc(C(F)(F)F)ccc2Cl)o1. The van der Waals surface area contributed by atoms with Crippen LogP contribution in [0.2, 0.25) is 5.02 Å². The quantitative estimate of drug-likeness (QED) is 0.816. The van der Waals surface area contributed by atoms with Gasteiger partial charge in [-0.1, -0.05) is 11.6 Å². The van der Waals surface area contributed by atoms with E-state index in [1.54, 1.807) is 6.92 Å². The predicted molar refractivity (Wildman–Crippen MR) is 82.5 cm³/mol. The Kier molecular flexibility index (Phi) is 5.56. The Labute approximate surface area is 141 Å². The van der Waals surface area contributed by atoms with Gasteiger partial charge in [0.15, 0.2) is 0 Å². The van der Waals surface area contributed by atoms with Crippen molar-refractivity contribution in [3.05, 3.63) is 46.7 Å². The predicted octanol–water partition coefficient (Wildman–Crippen LogP) is 4.05. The van der Waals surface area contributed by atoms with Crippen molar-refractivity contribution in [3.8, 4) is 11.3 Å². The van der Waals surface area contributed by atoms with E-state index in [9.17, 15) is 18.0 Å². The van der Waals surface area contributed by atoms with Crippen molar-refractivity contribution < 1.29 is 27.1 Å². The maximum Gasteiger partial charge on any atom is 0.416 e. The maximum absolute atomic E-state index is 12.8. The van der Waals surface area contributed by atoms with Crippen LogP contribution in [0, 0.1) is 0 Å². The zero-order chi connectivity index (χ0) is 17.9. The summed E-state index contributed by atoms with van der Waals surface area (Å²) in [4.78, 5) is 11.5. The standard InChI is InChI=1S/C16H15ClF3NO3/c1-2-23-15(22)13(21)8-10-4-6-14(24-10)11-7-9(16(18,19)20)3-5-12(11)17/h3-7,13H,2,8,21H2,1H3. The van der Waals surface area contributed by atoms with Crippen molar-refractivity contribution in [1.29, 1.82) is 0 Å². The van der Waals surface area contributed by atoms with Crippen LogP contribution in [0.15, 0.2) is 34.7 Å². The number of alkyl halides is 3. The molecule has 0 spiro atoms. The maximum atomic E-state index is 12.8. The number of benzene rings is 1. The molecular weight excluding hydrogens is 347 g/mol. The van der Waals surface area contributed by atoms with Gasteiger partial charge in [0, 0.05) is 12.0 Å². The zero-order valence-electron chi connectivity index (χ0n) is 12.7. The van der Waals surface area contributed by atoms with E-state index in [0.717, 1.165) is 18.2 Å². The normalized spacial score (nSPS) is 12.9. The van der Waals surface area contributed by atoms with Gasteiger partial charge < -0.3 is 14.9 Å². The smallest absolute Gasteiger partial charge is 0.416 e. The number of furan rings is 1. The molecule has 0 aliphatic heterocycles. The Hall–Kier alpha value is -1.99. The number of rotatable bonds is 5. The molecule has 1 unspecified atom stereocenters. The van der Waals surface area contributed by atoms with Crippen molar-refractivity contribution in [1.82, 2.24) is 0 Å². The van der Waals surface area contributed by atoms with Gasteiger partial charge in [0.25, 0.3) is 0 Å². The van der Waals surface area contributed by atoms with Crippen molar-refractivity contribution in [2.45, 2.75) is 25.6 Å². The molecule has 0 bridgehead atoms. The second-order valence-electron chi connectivity index (χ2n) is 5.02. The van der Waals surface area contributed by atoms with Crippen LogP contribution in [0.1, 0.15) is 18.2 Å². The van der Waals surface area contributed by atoms with E-state index >= 15 is 0 Å². The van der Waals surface area contributed by atoms with E-state index < -0.39 is 23.8 Å². The monoisotopic (exact) mass is 361 g/mol. The van der Waals surface area contributed by atoms with E-state index in [1.807, 2.05) is 0 Å². The van der Waals surface area contributed by atoms with Crippen molar-refractivity contribution in [3.63, 3.8) is 0 Å². The van der Waals surface area contributed by atoms with E-state index in [2.05, 4.69) is 0 Å². The molecule has 24 heavy (non-hydrogen) atoms. The molecule has 2 N–H and O–H groups in total. The van der Waals surface area contributed by atoms with Gasteiger partial charge in [-0.2, -0.15) is 13.2 Å². The van der Waals surface area contributed by atoms with Crippen LogP contribution in [0.4, 0.5) is 13.2 Å². The number of hydrogen-bond acceptors (Lipinski definition) is 4. The van der Waals surface area contributed by atoms with Crippen LogP contribution >= 0.6 is 11.6 Å². The molecule has 0 aliphatic rings. The largest absolute Gasteiger partial charge is 0.465 e. The molecule has 1 aromatic heterocycles. The lowest BCUT2D eigenvalue weighted by Crippen LogP contribution is -2.34. The van der Waals surface area contributed by atoms with Crippen LogP contribution in [0.5, 0.6) is 0 Å². The van der Waals surface area contributed by atoms with Gasteiger partial charge in [-0.15, -0.1) is 0 Å². The minimum atomic E-state index is -4.49. The average molecular weight is 362 g/mol. The molecular formula is C16H15ClF3NO3. The van der Waals surface area contributed by atoms with Crippen molar-refractivity contribution in [2.24, 2.45) is 5.73 Å². The van der Waals surface area contributed by atoms with Crippen LogP contribution in [0.25, 0.3) is 11.3 Å². The molecule has 0 saturated heterocycles. The van der Waals surface area contributed by atoms with Gasteiger partial charge in [0.2, 0.25) is 0 Å². The molecule has 0 aliphatic carbocycles. The molecule has 0 amide bonds. The highest BCUT2D eigenvalue weighted by atomic mass is 35.5. The molecule has 0 fully saturated rings. The molecule has 1 heterocycles. The minimum absolute atomic E-state index is 0.0649. The average Bonchev–Trinajstić information content (AvgIpc) is 2.95. The van der Waals surface area contributed by atoms with Gasteiger partial charge in [-0.05, 0) is 37.3 Å². The van der Waals surface area contributed by atoms with Gasteiger partial charge in [-0.3, -0.25) is 4.79 Å². The first kappa shape index (κ1) is 18.4. The lowest BCUT2D eigenvalue weighted by molar-refractivity contribution is -0.144. The van der Waals surface area contributed by atoms with Gasteiger partial charge in [0.05, 0.1) is 17.2 Å². The highest BCUT2D eigenvalue weighted by molar-refractivity contribution is 6.33. The Balaban J connectivity index is 2.23. The van der Waals surface area contributed by atoms with Crippen LogP contribution in [0.3, 0.4) is 0 Å². The van der Waals surface area contributed by atoms with Crippen molar-refractivity contribution >= 4 is 17.6 Å². The Bertz CT molecular complexity index is 728. The molecule has 2 aromatic rings. The first-order valence-corrected chi connectivity index (χ1v) is 7.48. The zero-order valence-corrected chi connectivity index (χ0v) is 13.4. The first-order valence-electron chi connectivity index (χ1n) is 7.10. The number of ether oxygens (including phenoxy) is 1. The third-order valence-electron chi connectivity index (χ3n) is 3.23. The summed E-state index contributed by atoms with van der Waals surface area (Å²) in [6.45, 7) is 1.86. The molecule has 2 rings (SSSR count). The fourth-order valence-corrected chi connectivity index (χ4v) is 2.28. The fraction of sp³-hybridized carbons (Fsp3) is 0.312. The Morgan fingerprint density at radius 3 is 2.67 bits per heavy atom. The van der Waals surface area contributed by atoms with Gasteiger partial charge in [0.1, 0.15) is 17.6 Å². The number of carbonyl (C=O) groups is 1. The topological polar surface area (TPSA) is 65.5 Å². The number of hydrogen-bond donors (Lipinski definition) is 1. The lowest BCUT2D eigenvalue weighted by Gasteiger charge is -2.10. The second kappa shape index (κ2) is 7.27. The summed E-state index contributed by atoms with van der Waals surface area (Å²) in [5.41, 5.74) is 4.97. The fourth-order valence-electron chi connectivity index (χ4n) is 2.07. The van der Waals surface area contributed by atoms with E-state index in [4.69, 9.17) is 26.5 Å². The number of esters is 1. The summed E-state index contributed by atoms with van der Waals surface area (Å²) in [5, 5.41) is 0.124. The second-order valence-corrected chi connectivity index (χ2v) is 5.43. The highest BCUT2D eigenvalue weighted by Crippen LogP contribution is 2.36. The molecule has 4 nitrogen and oxygen atoms in total. The van der Waals surface area contributed by atoms with Crippen LogP contribution < -0.4 is 5.73 Å². The third kappa shape index (κ3) is 4.30. The Morgan fingerprint density at radius 1 is 1.33 bits per heavy atom. The molecule has 8 heteroatoms. The van der Waals surface area contributed by atoms with Gasteiger partial charge in [-0.25, -0.2) is 0 Å². The van der Waals surface area contributed by atoms with Gasteiger partial charge >= 0.3 is 12.1 Å². The summed E-state index contributed by atoms with van der Waals surface area (Å²) in [7, 11) is 0. The summed E-state index contributed by atoms with van der Waals surface area (Å²) in [5.74, 6) is -0.0660. The summed E-state index contributed by atoms with van der Waals surface area (Å²) in [6, 6.07) is 5.06. The molecule has 0 radical (unpaired) electrons. The minimum Gasteiger partial charge on any atom is -0.465 e. The van der Waals surface area contributed by atoms with E-state index in [1.165, 1.54) is 12.1 Å². The van der Waals surface area contributed by atoms with Crippen molar-refractivity contribution in [2.75, 3.05) is 6.61 Å². The first-order chi connectivity index (χ1) is 11.2. The molecule has 1 aromatic carbocycles. The number of nitrogens with two attached hydrogens (primary N) is 1. The van der Waals surface area contributed by atoms with E-state index in [-0.39, 0.29) is 29.4 Å². The molecule has 1 atom stereocenters. The van der Waals surface area contributed by atoms with E-state index in [0.29, 0.717) is 5.76 Å². The lowest BCUT2D eigenvalue weighted by atomic mass is 10.1. The number of carbonyl (C=O) groups excluding carboxylic acids is 1. The Morgan fingerprint density at radius 2 is 2.04 bits per heavy atom. The van der Waals surface area contributed by atoms with Crippen LogP contribution in [-0.4, -0.2) is 18.6 Å². The summed E-state index contributed by atoms with van der Waals surface area (Å²) < 4.78 is 48.7. The molecule has 130 valence electrons. The highest BCUT2D eigenvalue weighted by Gasteiger charge is 2.31. The van der Waals surface area contributed by atoms with Crippen LogP contribution in [-0.2, 0) is 22.1 Å².